The van der Waals surface area contributed by atoms with Gasteiger partial charge in [0.1, 0.15) is 0 Å². The third-order valence-electron chi connectivity index (χ3n) is 1.28. The average molecular weight is 213 g/mol. The highest BCUT2D eigenvalue weighted by Gasteiger charge is 2.23. The van der Waals surface area contributed by atoms with Crippen LogP contribution in [0.3, 0.4) is 0 Å². The molecule has 0 aliphatic carbocycles. The van der Waals surface area contributed by atoms with Crippen molar-refractivity contribution in [3.8, 4) is 0 Å². The highest BCUT2D eigenvalue weighted by atomic mass is 16.4. The minimum Gasteiger partial charge on any atom is -0.476 e. The lowest BCUT2D eigenvalue weighted by Crippen LogP contribution is -2.18. The number of aromatic nitrogens is 3. The van der Waals surface area contributed by atoms with Crippen molar-refractivity contribution >= 4 is 17.9 Å². The molecule has 1 aromatic heterocycles. The molecule has 0 radical (unpaired) electrons. The van der Waals surface area contributed by atoms with Crippen LogP contribution in [0.4, 0.5) is 0 Å². The largest absolute Gasteiger partial charge is 0.476 e. The van der Waals surface area contributed by atoms with Crippen molar-refractivity contribution < 1.29 is 29.7 Å². The molecule has 0 aliphatic heterocycles. The Hall–Kier alpha value is -2.58. The zero-order chi connectivity index (χ0) is 11.6. The second kappa shape index (κ2) is 3.65. The van der Waals surface area contributed by atoms with Gasteiger partial charge in [-0.05, 0) is 0 Å². The Kier molecular flexibility index (Phi) is 2.56. The Morgan fingerprint density at radius 1 is 0.800 bits per heavy atom. The van der Waals surface area contributed by atoms with E-state index in [-0.39, 0.29) is 0 Å². The summed E-state index contributed by atoms with van der Waals surface area (Å²) in [5.41, 5.74) is -1.87. The van der Waals surface area contributed by atoms with Gasteiger partial charge in [0, 0.05) is 0 Å². The van der Waals surface area contributed by atoms with Crippen molar-refractivity contribution in [2.45, 2.75) is 0 Å². The summed E-state index contributed by atoms with van der Waals surface area (Å²) in [7, 11) is 0. The van der Waals surface area contributed by atoms with Crippen molar-refractivity contribution in [1.82, 2.24) is 15.2 Å². The highest BCUT2D eigenvalue weighted by Crippen LogP contribution is 2.02. The van der Waals surface area contributed by atoms with Gasteiger partial charge < -0.3 is 15.3 Å². The molecule has 1 rings (SSSR count). The first-order valence-corrected chi connectivity index (χ1v) is 3.38. The fraction of sp³-hybridized carbons (Fsp3) is 0. The zero-order valence-electron chi connectivity index (χ0n) is 6.91. The lowest BCUT2D eigenvalue weighted by molar-refractivity contribution is 0.0630. The molecule has 0 bridgehead atoms. The van der Waals surface area contributed by atoms with E-state index in [1.807, 2.05) is 0 Å². The summed E-state index contributed by atoms with van der Waals surface area (Å²) in [5, 5.41) is 31.3. The standard InChI is InChI=1S/C6H3N3O6/c10-4(11)1-2(5(12)13)8-9-3(7-1)6(14)15/h(H,10,11)(H,12,13)(H,14,15). The summed E-state index contributed by atoms with van der Waals surface area (Å²) >= 11 is 0. The minimum absolute atomic E-state index is 0.877. The Bertz CT molecular complexity index is 456. The molecule has 0 atom stereocenters. The Balaban J connectivity index is 3.40. The number of hydrogen-bond donors (Lipinski definition) is 3. The van der Waals surface area contributed by atoms with Crippen LogP contribution in [0, 0.1) is 0 Å². The summed E-state index contributed by atoms with van der Waals surface area (Å²) in [5.74, 6) is -5.81. The molecule has 3 N–H and O–H groups in total. The molecule has 15 heavy (non-hydrogen) atoms. The van der Waals surface area contributed by atoms with Gasteiger partial charge in [0.15, 0.2) is 5.69 Å². The number of carboxylic acids is 3. The van der Waals surface area contributed by atoms with E-state index in [9.17, 15) is 14.4 Å². The van der Waals surface area contributed by atoms with Gasteiger partial charge in [0.05, 0.1) is 0 Å². The number of hydrogen-bond acceptors (Lipinski definition) is 6. The second-order valence-corrected chi connectivity index (χ2v) is 2.25. The fourth-order valence-electron chi connectivity index (χ4n) is 0.710. The SMILES string of the molecule is O=C(O)c1nnc(C(=O)O)c(C(=O)O)n1. The van der Waals surface area contributed by atoms with E-state index in [0.29, 0.717) is 0 Å². The molecule has 0 aliphatic rings. The molecule has 9 nitrogen and oxygen atoms in total. The monoisotopic (exact) mass is 213 g/mol. The molecule has 0 amide bonds. The van der Waals surface area contributed by atoms with E-state index < -0.39 is 35.1 Å². The normalized spacial score (nSPS) is 9.60. The summed E-state index contributed by atoms with van der Waals surface area (Å²) in [6.07, 6.45) is 0. The summed E-state index contributed by atoms with van der Waals surface area (Å²) in [6.45, 7) is 0. The molecule has 0 saturated heterocycles. The van der Waals surface area contributed by atoms with Gasteiger partial charge in [-0.1, -0.05) is 0 Å². The number of aromatic carboxylic acids is 3. The number of nitrogens with zero attached hydrogens (tertiary/aromatic N) is 3. The Morgan fingerprint density at radius 2 is 1.33 bits per heavy atom. The smallest absolute Gasteiger partial charge is 0.375 e. The van der Waals surface area contributed by atoms with Gasteiger partial charge in [-0.2, -0.15) is 0 Å². The quantitative estimate of drug-likeness (QED) is 0.571. The maximum Gasteiger partial charge on any atom is 0.375 e. The van der Waals surface area contributed by atoms with Gasteiger partial charge in [-0.15, -0.1) is 10.2 Å². The summed E-state index contributed by atoms with van der Waals surface area (Å²) < 4.78 is 0. The molecule has 0 fully saturated rings. The first kappa shape index (κ1) is 10.5. The lowest BCUT2D eigenvalue weighted by atomic mass is 10.3. The first-order valence-electron chi connectivity index (χ1n) is 3.38. The molecule has 1 aromatic rings. The molecule has 0 spiro atoms. The van der Waals surface area contributed by atoms with Crippen LogP contribution in [-0.2, 0) is 0 Å². The van der Waals surface area contributed by atoms with Crippen LogP contribution in [0.5, 0.6) is 0 Å². The molecular weight excluding hydrogens is 210 g/mol. The summed E-state index contributed by atoms with van der Waals surface area (Å²) in [6, 6.07) is 0. The molecule has 0 aromatic carbocycles. The number of carbonyl (C=O) groups is 3. The van der Waals surface area contributed by atoms with Crippen LogP contribution in [0.15, 0.2) is 0 Å². The van der Waals surface area contributed by atoms with Crippen molar-refractivity contribution in [1.29, 1.82) is 0 Å². The van der Waals surface area contributed by atoms with Crippen LogP contribution in [0.1, 0.15) is 31.6 Å². The Labute approximate surface area is 81.0 Å². The predicted molar refractivity (Wildman–Crippen MR) is 40.7 cm³/mol. The van der Waals surface area contributed by atoms with Gasteiger partial charge in [0.25, 0.3) is 5.82 Å². The third-order valence-corrected chi connectivity index (χ3v) is 1.28. The van der Waals surface area contributed by atoms with E-state index in [0.717, 1.165) is 0 Å². The molecule has 78 valence electrons. The predicted octanol–water partition coefficient (Wildman–Crippen LogP) is -1.03. The van der Waals surface area contributed by atoms with Crippen molar-refractivity contribution in [2.75, 3.05) is 0 Å². The zero-order valence-corrected chi connectivity index (χ0v) is 6.91. The fourth-order valence-corrected chi connectivity index (χ4v) is 0.710. The number of rotatable bonds is 3. The number of carboxylic acid groups (broad SMARTS) is 3. The van der Waals surface area contributed by atoms with Crippen molar-refractivity contribution in [2.24, 2.45) is 0 Å². The van der Waals surface area contributed by atoms with E-state index in [1.165, 1.54) is 0 Å². The third kappa shape index (κ3) is 2.02. The van der Waals surface area contributed by atoms with E-state index in [1.54, 1.807) is 0 Å². The van der Waals surface area contributed by atoms with Gasteiger partial charge >= 0.3 is 17.9 Å². The molecule has 0 unspecified atom stereocenters. The minimum atomic E-state index is -1.69. The molecule has 0 saturated carbocycles. The maximum atomic E-state index is 10.5. The first-order chi connectivity index (χ1) is 6.93. The molecule has 9 heteroatoms. The van der Waals surface area contributed by atoms with Crippen LogP contribution >= 0.6 is 0 Å². The Morgan fingerprint density at radius 3 is 1.73 bits per heavy atom. The van der Waals surface area contributed by atoms with Crippen LogP contribution in [-0.4, -0.2) is 48.4 Å². The lowest BCUT2D eigenvalue weighted by Gasteiger charge is -1.98. The van der Waals surface area contributed by atoms with E-state index in [2.05, 4.69) is 15.2 Å². The molecular formula is C6H3N3O6. The van der Waals surface area contributed by atoms with Crippen LogP contribution in [0.2, 0.25) is 0 Å². The second-order valence-electron chi connectivity index (χ2n) is 2.25. The average Bonchev–Trinajstić information content (AvgIpc) is 2.16. The van der Waals surface area contributed by atoms with Gasteiger partial charge in [-0.3, -0.25) is 0 Å². The van der Waals surface area contributed by atoms with Crippen LogP contribution < -0.4 is 0 Å². The van der Waals surface area contributed by atoms with Gasteiger partial charge in [0.2, 0.25) is 5.69 Å². The highest BCUT2D eigenvalue weighted by molar-refractivity contribution is 5.99. The van der Waals surface area contributed by atoms with Crippen molar-refractivity contribution in [3.63, 3.8) is 0 Å². The van der Waals surface area contributed by atoms with Crippen LogP contribution in [0.25, 0.3) is 0 Å². The van der Waals surface area contributed by atoms with E-state index >= 15 is 0 Å². The van der Waals surface area contributed by atoms with E-state index in [4.69, 9.17) is 15.3 Å². The van der Waals surface area contributed by atoms with Gasteiger partial charge in [-0.25, -0.2) is 19.4 Å². The molecule has 1 heterocycles. The maximum absolute atomic E-state index is 10.5. The summed E-state index contributed by atoms with van der Waals surface area (Å²) in [4.78, 5) is 34.4. The van der Waals surface area contributed by atoms with Crippen molar-refractivity contribution in [3.05, 3.63) is 17.2 Å². The topological polar surface area (TPSA) is 151 Å².